The number of ether oxygens (including phenoxy) is 1. The molecule has 0 N–H and O–H groups in total. The molecule has 2 saturated heterocycles. The van der Waals surface area contributed by atoms with Crippen LogP contribution >= 0.6 is 11.6 Å². The Morgan fingerprint density at radius 2 is 1.89 bits per heavy atom. The normalized spacial score (nSPS) is 23.7. The van der Waals surface area contributed by atoms with Crippen molar-refractivity contribution in [2.45, 2.75) is 70.6 Å². The minimum absolute atomic E-state index is 0.00520. The molecule has 1 amide bonds. The second-order valence-corrected chi connectivity index (χ2v) is 8.66. The Kier molecular flexibility index (Phi) is 6.52. The molecule has 3 rings (SSSR count). The first-order valence-electron chi connectivity index (χ1n) is 9.89. The zero-order chi connectivity index (χ0) is 20.4. The van der Waals surface area contributed by atoms with E-state index in [0.717, 1.165) is 37.7 Å². The summed E-state index contributed by atoms with van der Waals surface area (Å²) in [5.74, 6) is 0.0234. The fourth-order valence-electron chi connectivity index (χ4n) is 3.49. The van der Waals surface area contributed by atoms with Crippen molar-refractivity contribution in [3.63, 3.8) is 0 Å². The van der Waals surface area contributed by atoms with Crippen molar-refractivity contribution in [1.82, 2.24) is 14.9 Å². The zero-order valence-electron chi connectivity index (χ0n) is 17.1. The van der Waals surface area contributed by atoms with Crippen molar-refractivity contribution < 1.29 is 18.8 Å². The van der Waals surface area contributed by atoms with Crippen molar-refractivity contribution >= 4 is 30.1 Å². The van der Waals surface area contributed by atoms with E-state index in [1.165, 1.54) is 0 Å². The first-order chi connectivity index (χ1) is 13.2. The van der Waals surface area contributed by atoms with Crippen LogP contribution in [0.1, 0.15) is 53.4 Å². The topological polar surface area (TPSA) is 73.8 Å². The number of likely N-dealkylation sites (tertiary alicyclic amines) is 1. The van der Waals surface area contributed by atoms with Gasteiger partial charge in [-0.25, -0.2) is 9.97 Å². The second-order valence-electron chi connectivity index (χ2n) is 8.39. The summed E-state index contributed by atoms with van der Waals surface area (Å²) >= 11 is 5.72. The Balaban J connectivity index is 1.52. The molecule has 0 saturated carbocycles. The largest absolute Gasteiger partial charge is 0.498 e. The second kappa shape index (κ2) is 8.55. The summed E-state index contributed by atoms with van der Waals surface area (Å²) in [6.45, 7) is 9.26. The third-order valence-corrected chi connectivity index (χ3v) is 6.15. The lowest BCUT2D eigenvalue weighted by molar-refractivity contribution is -0.132. The van der Waals surface area contributed by atoms with E-state index in [1.807, 2.05) is 32.6 Å². The van der Waals surface area contributed by atoms with E-state index in [4.69, 9.17) is 25.6 Å². The molecule has 0 spiro atoms. The lowest BCUT2D eigenvalue weighted by Crippen LogP contribution is -2.45. The van der Waals surface area contributed by atoms with Crippen LogP contribution in [0, 0.1) is 0 Å². The minimum atomic E-state index is -0.489. The maximum absolute atomic E-state index is 12.0. The van der Waals surface area contributed by atoms with Crippen molar-refractivity contribution in [3.05, 3.63) is 12.4 Å². The molecule has 2 aliphatic rings. The third-order valence-electron chi connectivity index (χ3n) is 5.92. The van der Waals surface area contributed by atoms with Gasteiger partial charge in [-0.1, -0.05) is 0 Å². The Morgan fingerprint density at radius 3 is 2.50 bits per heavy atom. The molecular weight excluding hydrogens is 380 g/mol. The van der Waals surface area contributed by atoms with Crippen molar-refractivity contribution in [2.75, 3.05) is 19.0 Å². The van der Waals surface area contributed by atoms with Gasteiger partial charge in [0.05, 0.1) is 17.8 Å². The molecule has 0 aromatic carbocycles. The van der Waals surface area contributed by atoms with Crippen LogP contribution in [0.2, 0.25) is 0 Å². The molecule has 1 aromatic heterocycles. The van der Waals surface area contributed by atoms with Gasteiger partial charge >= 0.3 is 13.1 Å². The summed E-state index contributed by atoms with van der Waals surface area (Å²) in [6.07, 6.45) is 7.22. The lowest BCUT2D eigenvalue weighted by Gasteiger charge is -2.35. The van der Waals surface area contributed by atoms with Crippen LogP contribution < -0.4 is 10.2 Å². The number of rotatable bonds is 6. The average Bonchev–Trinajstić information content (AvgIpc) is 2.89. The van der Waals surface area contributed by atoms with Crippen LogP contribution in [-0.4, -0.2) is 64.2 Å². The van der Waals surface area contributed by atoms with Crippen molar-refractivity contribution in [1.29, 1.82) is 0 Å². The summed E-state index contributed by atoms with van der Waals surface area (Å²) in [6, 6.07) is 0.482. The number of halogens is 1. The predicted molar refractivity (Wildman–Crippen MR) is 108 cm³/mol. The predicted octanol–water partition coefficient (Wildman–Crippen LogP) is 2.16. The average molecular weight is 410 g/mol. The van der Waals surface area contributed by atoms with Gasteiger partial charge in [0.25, 0.3) is 0 Å². The number of hydrogen-bond acceptors (Lipinski definition) is 6. The number of amides is 1. The number of aromatic nitrogens is 2. The fraction of sp³-hybridized carbons (Fsp3) is 0.737. The van der Waals surface area contributed by atoms with Gasteiger partial charge in [0.1, 0.15) is 5.88 Å². The van der Waals surface area contributed by atoms with Gasteiger partial charge in [0.15, 0.2) is 0 Å². The number of alkyl halides is 1. The minimum Gasteiger partial charge on any atom is -0.463 e. The lowest BCUT2D eigenvalue weighted by atomic mass is 9.81. The summed E-state index contributed by atoms with van der Waals surface area (Å²) < 4.78 is 17.7. The fourth-order valence-corrected chi connectivity index (χ4v) is 3.65. The number of nitrogens with zero attached hydrogens (tertiary/aromatic N) is 3. The molecule has 0 radical (unpaired) electrons. The first-order valence-corrected chi connectivity index (χ1v) is 10.4. The Labute approximate surface area is 172 Å². The number of carbonyl (C=O) groups excluding carboxylic acids is 1. The van der Waals surface area contributed by atoms with Gasteiger partial charge in [-0.15, -0.1) is 11.6 Å². The zero-order valence-corrected chi connectivity index (χ0v) is 17.9. The molecule has 7 nitrogen and oxygen atoms in total. The summed E-state index contributed by atoms with van der Waals surface area (Å²) in [7, 11) is -0.489. The van der Waals surface area contributed by atoms with E-state index in [9.17, 15) is 4.79 Å². The Hall–Kier alpha value is -1.38. The monoisotopic (exact) mass is 409 g/mol. The molecule has 0 bridgehead atoms. The summed E-state index contributed by atoms with van der Waals surface area (Å²) in [5, 5.41) is 0. The molecule has 0 aliphatic carbocycles. The van der Waals surface area contributed by atoms with Crippen LogP contribution in [0.4, 0.5) is 0 Å². The van der Waals surface area contributed by atoms with Gasteiger partial charge < -0.3 is 18.9 Å². The Bertz CT molecular complexity index is 670. The van der Waals surface area contributed by atoms with E-state index in [0.29, 0.717) is 12.6 Å². The third kappa shape index (κ3) is 4.61. The molecule has 28 heavy (non-hydrogen) atoms. The Morgan fingerprint density at radius 1 is 1.25 bits per heavy atom. The highest BCUT2D eigenvalue weighted by molar-refractivity contribution is 6.61. The molecule has 2 aliphatic heterocycles. The molecule has 0 unspecified atom stereocenters. The SMILES string of the molecule is CC1(C)OB(c2cnc(OCC[C@@H]3CCCCN3C(=O)CCl)nc2)OC1(C)C. The quantitative estimate of drug-likeness (QED) is 0.529. The summed E-state index contributed by atoms with van der Waals surface area (Å²) in [5.41, 5.74) is -0.0459. The van der Waals surface area contributed by atoms with Crippen LogP contribution in [0.15, 0.2) is 12.4 Å². The van der Waals surface area contributed by atoms with Gasteiger partial charge in [-0.3, -0.25) is 4.79 Å². The molecule has 9 heteroatoms. The molecule has 3 heterocycles. The van der Waals surface area contributed by atoms with Crippen LogP contribution in [0.5, 0.6) is 6.01 Å². The van der Waals surface area contributed by atoms with Gasteiger partial charge in [-0.2, -0.15) is 0 Å². The smallest absolute Gasteiger partial charge is 0.463 e. The first kappa shape index (κ1) is 21.3. The number of piperidine rings is 1. The highest BCUT2D eigenvalue weighted by atomic mass is 35.5. The van der Waals surface area contributed by atoms with E-state index in [1.54, 1.807) is 12.4 Å². The standard InChI is InChI=1S/C19H29BClN3O4/c1-18(2)19(3,4)28-20(27-18)14-12-22-17(23-13-14)26-10-8-15-7-5-6-9-24(15)16(25)11-21/h12-13,15H,5-11H2,1-4H3/t15-/m0/s1. The van der Waals surface area contributed by atoms with Crippen molar-refractivity contribution in [2.24, 2.45) is 0 Å². The van der Waals surface area contributed by atoms with E-state index < -0.39 is 18.3 Å². The molecule has 1 aromatic rings. The van der Waals surface area contributed by atoms with Gasteiger partial charge in [-0.05, 0) is 47.0 Å². The van der Waals surface area contributed by atoms with Crippen LogP contribution in [-0.2, 0) is 14.1 Å². The number of carbonyl (C=O) groups is 1. The molecule has 2 fully saturated rings. The molecular formula is C19H29BClN3O4. The van der Waals surface area contributed by atoms with Gasteiger partial charge in [0.2, 0.25) is 5.91 Å². The maximum atomic E-state index is 12.0. The number of hydrogen-bond donors (Lipinski definition) is 0. The van der Waals surface area contributed by atoms with Crippen LogP contribution in [0.25, 0.3) is 0 Å². The summed E-state index contributed by atoms with van der Waals surface area (Å²) in [4.78, 5) is 22.4. The highest BCUT2D eigenvalue weighted by Gasteiger charge is 2.52. The van der Waals surface area contributed by atoms with E-state index in [2.05, 4.69) is 9.97 Å². The molecule has 154 valence electrons. The molecule has 1 atom stereocenters. The van der Waals surface area contributed by atoms with E-state index in [-0.39, 0.29) is 17.8 Å². The highest BCUT2D eigenvalue weighted by Crippen LogP contribution is 2.36. The van der Waals surface area contributed by atoms with Gasteiger partial charge in [0, 0.05) is 36.9 Å². The van der Waals surface area contributed by atoms with Crippen molar-refractivity contribution in [3.8, 4) is 6.01 Å². The van der Waals surface area contributed by atoms with E-state index >= 15 is 0 Å². The maximum Gasteiger partial charge on any atom is 0.498 e. The van der Waals surface area contributed by atoms with Crippen LogP contribution in [0.3, 0.4) is 0 Å².